The van der Waals surface area contributed by atoms with E-state index in [2.05, 4.69) is 46.7 Å². The molecule has 0 radical (unpaired) electrons. The normalized spacial score (nSPS) is 11.6. The van der Waals surface area contributed by atoms with E-state index in [4.69, 9.17) is 0 Å². The first kappa shape index (κ1) is 13.3. The Morgan fingerprint density at radius 3 is 2.17 bits per heavy atom. The average Bonchev–Trinajstić information content (AvgIpc) is 2.57. The van der Waals surface area contributed by atoms with Gasteiger partial charge in [-0.2, -0.15) is 4.98 Å². The van der Waals surface area contributed by atoms with Crippen molar-refractivity contribution in [2.75, 3.05) is 0 Å². The number of benzene rings is 1. The van der Waals surface area contributed by atoms with Crippen molar-refractivity contribution in [3.63, 3.8) is 0 Å². The molecule has 0 unspecified atom stereocenters. The fourth-order valence-electron chi connectivity index (χ4n) is 1.22. The van der Waals surface area contributed by atoms with Crippen LogP contribution in [0.2, 0.25) is 0 Å². The van der Waals surface area contributed by atoms with E-state index in [-0.39, 0.29) is 5.75 Å². The Labute approximate surface area is 116 Å². The van der Waals surface area contributed by atoms with Crippen LogP contribution in [0.25, 0.3) is 5.69 Å². The molecule has 96 valence electrons. The molecule has 0 spiro atoms. The third kappa shape index (κ3) is 3.22. The maximum Gasteiger partial charge on any atom is 0.573 e. The maximum absolute atomic E-state index is 12.0. The van der Waals surface area contributed by atoms with Crippen LogP contribution >= 0.6 is 31.9 Å². The van der Waals surface area contributed by atoms with E-state index >= 15 is 0 Å². The Bertz CT molecular complexity index is 553. The molecule has 0 amide bonds. The van der Waals surface area contributed by atoms with Crippen LogP contribution in [0.4, 0.5) is 13.2 Å². The van der Waals surface area contributed by atoms with Gasteiger partial charge in [-0.25, -0.2) is 4.68 Å². The number of nitrogens with zero attached hydrogens (tertiary/aromatic N) is 3. The van der Waals surface area contributed by atoms with Gasteiger partial charge in [0.15, 0.2) is 0 Å². The smallest absolute Gasteiger partial charge is 0.406 e. The van der Waals surface area contributed by atoms with E-state index in [9.17, 15) is 13.2 Å². The van der Waals surface area contributed by atoms with E-state index in [1.54, 1.807) is 0 Å². The molecule has 9 heteroatoms. The lowest BCUT2D eigenvalue weighted by Gasteiger charge is -2.09. The molecule has 0 fully saturated rings. The second kappa shape index (κ2) is 4.88. The predicted octanol–water partition coefficient (Wildman–Crippen LogP) is 3.69. The standard InChI is InChI=1S/C9H4Br2F3N3O/c10-7-15-8(11)17(16-7)5-1-3-6(4-2-5)18-9(12,13)14/h1-4H. The van der Waals surface area contributed by atoms with Gasteiger partial charge in [-0.05, 0) is 56.1 Å². The molecular weight excluding hydrogens is 383 g/mol. The Kier molecular flexibility index (Phi) is 3.62. The van der Waals surface area contributed by atoms with Crippen LogP contribution in [0.3, 0.4) is 0 Å². The summed E-state index contributed by atoms with van der Waals surface area (Å²) in [6.45, 7) is 0. The predicted molar refractivity (Wildman–Crippen MR) is 63.4 cm³/mol. The molecule has 2 aromatic rings. The van der Waals surface area contributed by atoms with Crippen molar-refractivity contribution in [2.45, 2.75) is 6.36 Å². The van der Waals surface area contributed by atoms with Gasteiger partial charge in [0.2, 0.25) is 9.47 Å². The van der Waals surface area contributed by atoms with Crippen molar-refractivity contribution in [3.8, 4) is 11.4 Å². The van der Waals surface area contributed by atoms with Gasteiger partial charge in [-0.1, -0.05) is 0 Å². The average molecular weight is 387 g/mol. The van der Waals surface area contributed by atoms with Crippen molar-refractivity contribution < 1.29 is 17.9 Å². The van der Waals surface area contributed by atoms with E-state index in [0.717, 1.165) is 0 Å². The Balaban J connectivity index is 2.25. The van der Waals surface area contributed by atoms with Gasteiger partial charge in [0, 0.05) is 0 Å². The molecule has 4 nitrogen and oxygen atoms in total. The Morgan fingerprint density at radius 2 is 1.72 bits per heavy atom. The molecule has 2 rings (SSSR count). The number of rotatable bonds is 2. The largest absolute Gasteiger partial charge is 0.573 e. The lowest BCUT2D eigenvalue weighted by Crippen LogP contribution is -2.17. The van der Waals surface area contributed by atoms with Crippen molar-refractivity contribution >= 4 is 31.9 Å². The molecule has 0 N–H and O–H groups in total. The van der Waals surface area contributed by atoms with Crippen molar-refractivity contribution in [1.29, 1.82) is 0 Å². The van der Waals surface area contributed by atoms with Gasteiger partial charge in [-0.15, -0.1) is 18.3 Å². The van der Waals surface area contributed by atoms with Crippen LogP contribution in [0, 0.1) is 0 Å². The number of alkyl halides is 3. The zero-order valence-electron chi connectivity index (χ0n) is 8.45. The molecule has 0 aliphatic rings. The topological polar surface area (TPSA) is 39.9 Å². The minimum atomic E-state index is -4.70. The van der Waals surface area contributed by atoms with Crippen LogP contribution in [0.5, 0.6) is 5.75 Å². The second-order valence-corrected chi connectivity index (χ2v) is 4.52. The minimum absolute atomic E-state index is 0.290. The zero-order valence-corrected chi connectivity index (χ0v) is 11.6. The summed E-state index contributed by atoms with van der Waals surface area (Å²) in [5.41, 5.74) is 0.551. The molecule has 0 saturated carbocycles. The highest BCUT2D eigenvalue weighted by Crippen LogP contribution is 2.24. The van der Waals surface area contributed by atoms with Gasteiger partial charge in [-0.3, -0.25) is 0 Å². The van der Waals surface area contributed by atoms with E-state index in [1.807, 2.05) is 0 Å². The second-order valence-electron chi connectivity index (χ2n) is 3.10. The van der Waals surface area contributed by atoms with Crippen molar-refractivity contribution in [2.24, 2.45) is 0 Å². The monoisotopic (exact) mass is 385 g/mol. The summed E-state index contributed by atoms with van der Waals surface area (Å²) in [7, 11) is 0. The van der Waals surface area contributed by atoms with Crippen molar-refractivity contribution in [3.05, 3.63) is 33.7 Å². The minimum Gasteiger partial charge on any atom is -0.406 e. The summed E-state index contributed by atoms with van der Waals surface area (Å²) in [6.07, 6.45) is -4.70. The number of halogens is 5. The number of ether oxygens (including phenoxy) is 1. The molecular formula is C9H4Br2F3N3O. The first-order chi connectivity index (χ1) is 8.35. The molecule has 0 bridgehead atoms. The van der Waals surface area contributed by atoms with Gasteiger partial charge in [0.05, 0.1) is 5.69 Å². The summed E-state index contributed by atoms with van der Waals surface area (Å²) >= 11 is 6.26. The quantitative estimate of drug-likeness (QED) is 0.790. The summed E-state index contributed by atoms with van der Waals surface area (Å²) in [6, 6.07) is 5.27. The lowest BCUT2D eigenvalue weighted by molar-refractivity contribution is -0.274. The summed E-state index contributed by atoms with van der Waals surface area (Å²) in [5.74, 6) is -0.290. The third-order valence-corrected chi connectivity index (χ3v) is 2.71. The molecule has 1 heterocycles. The Morgan fingerprint density at radius 1 is 1.11 bits per heavy atom. The van der Waals surface area contributed by atoms with Crippen LogP contribution in [-0.4, -0.2) is 21.1 Å². The first-order valence-corrected chi connectivity index (χ1v) is 6.08. The molecule has 1 aromatic heterocycles. The van der Waals surface area contributed by atoms with Crippen LogP contribution < -0.4 is 4.74 Å². The van der Waals surface area contributed by atoms with Gasteiger partial charge < -0.3 is 4.74 Å². The van der Waals surface area contributed by atoms with Crippen LogP contribution in [0.15, 0.2) is 33.7 Å². The SMILES string of the molecule is FC(F)(F)Oc1ccc(-n2nc(Br)nc2Br)cc1. The lowest BCUT2D eigenvalue weighted by atomic mass is 10.3. The zero-order chi connectivity index (χ0) is 13.3. The maximum atomic E-state index is 12.0. The molecule has 0 aliphatic heterocycles. The highest BCUT2D eigenvalue weighted by atomic mass is 79.9. The van der Waals surface area contributed by atoms with E-state index in [0.29, 0.717) is 15.2 Å². The van der Waals surface area contributed by atoms with Gasteiger partial charge in [0.1, 0.15) is 5.75 Å². The fourth-order valence-corrected chi connectivity index (χ4v) is 2.24. The molecule has 1 aromatic carbocycles. The van der Waals surface area contributed by atoms with E-state index in [1.165, 1.54) is 28.9 Å². The summed E-state index contributed by atoms with van der Waals surface area (Å²) in [5, 5.41) is 4.00. The molecule has 18 heavy (non-hydrogen) atoms. The first-order valence-electron chi connectivity index (χ1n) is 4.49. The summed E-state index contributed by atoms with van der Waals surface area (Å²) < 4.78 is 41.9. The number of aromatic nitrogens is 3. The fraction of sp³-hybridized carbons (Fsp3) is 0.111. The molecule has 0 saturated heterocycles. The Hall–Kier alpha value is -1.09. The van der Waals surface area contributed by atoms with Gasteiger partial charge in [0.25, 0.3) is 0 Å². The third-order valence-electron chi connectivity index (χ3n) is 1.86. The highest BCUT2D eigenvalue weighted by molar-refractivity contribution is 9.11. The van der Waals surface area contributed by atoms with Gasteiger partial charge >= 0.3 is 6.36 Å². The van der Waals surface area contributed by atoms with E-state index < -0.39 is 6.36 Å². The highest BCUT2D eigenvalue weighted by Gasteiger charge is 2.31. The number of hydrogen-bond donors (Lipinski definition) is 0. The molecule has 0 aliphatic carbocycles. The molecule has 0 atom stereocenters. The van der Waals surface area contributed by atoms with Crippen molar-refractivity contribution in [1.82, 2.24) is 14.8 Å². The number of hydrogen-bond acceptors (Lipinski definition) is 3. The van der Waals surface area contributed by atoms with Crippen LogP contribution in [0.1, 0.15) is 0 Å². The van der Waals surface area contributed by atoms with Crippen LogP contribution in [-0.2, 0) is 0 Å². The summed E-state index contributed by atoms with van der Waals surface area (Å²) in [4.78, 5) is 3.94.